The highest BCUT2D eigenvalue weighted by atomic mass is 35.5. The number of carbonyl (C=O) groups is 2. The van der Waals surface area contributed by atoms with Crippen molar-refractivity contribution in [1.82, 2.24) is 14.7 Å². The summed E-state index contributed by atoms with van der Waals surface area (Å²) in [7, 11) is 0. The summed E-state index contributed by atoms with van der Waals surface area (Å²) in [4.78, 5) is 29.3. The van der Waals surface area contributed by atoms with Crippen molar-refractivity contribution in [2.45, 2.75) is 11.4 Å². The minimum Gasteiger partial charge on any atom is -0.338 e. The largest absolute Gasteiger partial charge is 0.338 e. The predicted octanol–water partition coefficient (Wildman–Crippen LogP) is 3.56. The normalized spacial score (nSPS) is 14.7. The molecule has 1 heterocycles. The van der Waals surface area contributed by atoms with Crippen molar-refractivity contribution in [2.24, 2.45) is 0 Å². The SMILES string of the molecule is O=C(c1ccc(F)cc1)N(CCN1CCN(C(=O)C(Cl)Cl)CC1)Cc1ccc(F)cc1. The first-order valence-electron chi connectivity index (χ1n) is 9.92. The zero-order chi connectivity index (χ0) is 22.4. The van der Waals surface area contributed by atoms with E-state index < -0.39 is 10.7 Å². The summed E-state index contributed by atoms with van der Waals surface area (Å²) < 4.78 is 26.5. The van der Waals surface area contributed by atoms with E-state index in [9.17, 15) is 18.4 Å². The lowest BCUT2D eigenvalue weighted by Crippen LogP contribution is -2.51. The molecular weight excluding hydrogens is 447 g/mol. The third kappa shape index (κ3) is 6.63. The number of piperazine rings is 1. The van der Waals surface area contributed by atoms with Gasteiger partial charge >= 0.3 is 0 Å². The Morgan fingerprint density at radius 1 is 0.903 bits per heavy atom. The molecule has 5 nitrogen and oxygen atoms in total. The van der Waals surface area contributed by atoms with Crippen LogP contribution in [-0.2, 0) is 11.3 Å². The summed E-state index contributed by atoms with van der Waals surface area (Å²) in [5, 5.41) is 0. The average molecular weight is 470 g/mol. The molecule has 0 atom stereocenters. The number of alkyl halides is 2. The quantitative estimate of drug-likeness (QED) is 0.582. The smallest absolute Gasteiger partial charge is 0.255 e. The lowest BCUT2D eigenvalue weighted by molar-refractivity contribution is -0.131. The standard InChI is InChI=1S/C22H23Cl2F2N3O2/c23-20(24)22(31)28-12-9-27(10-13-28)11-14-29(15-16-1-5-18(25)6-2-16)21(30)17-3-7-19(26)8-4-17/h1-8,20H,9-15H2. The molecule has 2 aromatic rings. The van der Waals surface area contributed by atoms with Gasteiger partial charge in [0.05, 0.1) is 0 Å². The maximum absolute atomic E-state index is 13.3. The third-order valence-electron chi connectivity index (χ3n) is 5.22. The van der Waals surface area contributed by atoms with Crippen LogP contribution >= 0.6 is 23.2 Å². The van der Waals surface area contributed by atoms with Gasteiger partial charge in [0.1, 0.15) is 11.6 Å². The highest BCUT2D eigenvalue weighted by molar-refractivity contribution is 6.53. The summed E-state index contributed by atoms with van der Waals surface area (Å²) >= 11 is 11.3. The van der Waals surface area contributed by atoms with E-state index in [1.807, 2.05) is 0 Å². The van der Waals surface area contributed by atoms with Gasteiger partial charge in [0, 0.05) is 51.4 Å². The molecule has 0 aliphatic carbocycles. The van der Waals surface area contributed by atoms with E-state index in [1.54, 1.807) is 21.9 Å². The van der Waals surface area contributed by atoms with Crippen LogP contribution in [0.1, 0.15) is 15.9 Å². The lowest BCUT2D eigenvalue weighted by Gasteiger charge is -2.36. The molecule has 0 spiro atoms. The Labute approximate surface area is 190 Å². The van der Waals surface area contributed by atoms with Crippen LogP contribution in [0.4, 0.5) is 8.78 Å². The van der Waals surface area contributed by atoms with Gasteiger partial charge in [-0.15, -0.1) is 0 Å². The van der Waals surface area contributed by atoms with Crippen LogP contribution in [0.15, 0.2) is 48.5 Å². The molecule has 0 bridgehead atoms. The van der Waals surface area contributed by atoms with Crippen LogP contribution in [0, 0.1) is 11.6 Å². The third-order valence-corrected chi connectivity index (χ3v) is 5.60. The van der Waals surface area contributed by atoms with Gasteiger partial charge in [0.2, 0.25) is 0 Å². The molecule has 0 unspecified atom stereocenters. The highest BCUT2D eigenvalue weighted by Gasteiger charge is 2.25. The average Bonchev–Trinajstić information content (AvgIpc) is 2.77. The number of amides is 2. The van der Waals surface area contributed by atoms with Gasteiger partial charge in [-0.05, 0) is 42.0 Å². The van der Waals surface area contributed by atoms with Crippen LogP contribution in [-0.4, -0.2) is 70.6 Å². The van der Waals surface area contributed by atoms with Gasteiger partial charge < -0.3 is 9.80 Å². The van der Waals surface area contributed by atoms with Crippen molar-refractivity contribution in [3.8, 4) is 0 Å². The van der Waals surface area contributed by atoms with Crippen molar-refractivity contribution in [1.29, 1.82) is 0 Å². The van der Waals surface area contributed by atoms with Crippen molar-refractivity contribution in [3.05, 3.63) is 71.3 Å². The van der Waals surface area contributed by atoms with E-state index in [4.69, 9.17) is 23.2 Å². The zero-order valence-electron chi connectivity index (χ0n) is 16.8. The number of hydrogen-bond acceptors (Lipinski definition) is 3. The number of nitrogens with zero attached hydrogens (tertiary/aromatic N) is 3. The first kappa shape index (κ1) is 23.4. The Morgan fingerprint density at radius 2 is 1.45 bits per heavy atom. The van der Waals surface area contributed by atoms with E-state index in [2.05, 4.69) is 4.90 Å². The van der Waals surface area contributed by atoms with E-state index in [-0.39, 0.29) is 17.6 Å². The predicted molar refractivity (Wildman–Crippen MR) is 116 cm³/mol. The topological polar surface area (TPSA) is 43.9 Å². The summed E-state index contributed by atoms with van der Waals surface area (Å²) in [6.45, 7) is 3.63. The Bertz CT molecular complexity index is 887. The number of benzene rings is 2. The van der Waals surface area contributed by atoms with E-state index in [0.717, 1.165) is 5.56 Å². The number of hydrogen-bond donors (Lipinski definition) is 0. The van der Waals surface area contributed by atoms with Crippen molar-refractivity contribution < 1.29 is 18.4 Å². The van der Waals surface area contributed by atoms with Crippen LogP contribution < -0.4 is 0 Å². The van der Waals surface area contributed by atoms with Gasteiger partial charge in [-0.2, -0.15) is 0 Å². The highest BCUT2D eigenvalue weighted by Crippen LogP contribution is 2.14. The molecule has 1 aliphatic rings. The molecule has 1 aliphatic heterocycles. The zero-order valence-corrected chi connectivity index (χ0v) is 18.3. The summed E-state index contributed by atoms with van der Waals surface area (Å²) in [5.74, 6) is -1.29. The van der Waals surface area contributed by atoms with E-state index in [0.29, 0.717) is 51.4 Å². The second-order valence-corrected chi connectivity index (χ2v) is 8.42. The van der Waals surface area contributed by atoms with Gasteiger partial charge in [-0.1, -0.05) is 35.3 Å². The second-order valence-electron chi connectivity index (χ2n) is 7.33. The van der Waals surface area contributed by atoms with E-state index in [1.165, 1.54) is 36.4 Å². The summed E-state index contributed by atoms with van der Waals surface area (Å²) in [6.07, 6.45) is 0. The molecule has 0 N–H and O–H groups in total. The van der Waals surface area contributed by atoms with Crippen molar-refractivity contribution in [3.63, 3.8) is 0 Å². The van der Waals surface area contributed by atoms with Gasteiger partial charge in [0.15, 0.2) is 4.84 Å². The molecule has 1 fully saturated rings. The molecule has 0 saturated carbocycles. The molecule has 0 aromatic heterocycles. The Morgan fingerprint density at radius 3 is 2.00 bits per heavy atom. The van der Waals surface area contributed by atoms with Crippen LogP contribution in [0.5, 0.6) is 0 Å². The van der Waals surface area contributed by atoms with Gasteiger partial charge in [-0.25, -0.2) is 8.78 Å². The Balaban J connectivity index is 1.64. The molecule has 1 saturated heterocycles. The molecule has 0 radical (unpaired) electrons. The minimum absolute atomic E-state index is 0.231. The molecule has 3 rings (SSSR count). The number of rotatable bonds is 7. The summed E-state index contributed by atoms with van der Waals surface area (Å²) in [5.41, 5.74) is 1.18. The first-order valence-corrected chi connectivity index (χ1v) is 10.8. The second kappa shape index (κ2) is 10.9. The molecule has 9 heteroatoms. The van der Waals surface area contributed by atoms with Crippen molar-refractivity contribution in [2.75, 3.05) is 39.3 Å². The Hall–Kier alpha value is -2.22. The minimum atomic E-state index is -1.06. The fraction of sp³-hybridized carbons (Fsp3) is 0.364. The van der Waals surface area contributed by atoms with Gasteiger partial charge in [0.25, 0.3) is 11.8 Å². The molecule has 2 aromatic carbocycles. The number of carbonyl (C=O) groups excluding carboxylic acids is 2. The fourth-order valence-corrected chi connectivity index (χ4v) is 3.71. The number of halogens is 4. The van der Waals surface area contributed by atoms with Crippen LogP contribution in [0.3, 0.4) is 0 Å². The fourth-order valence-electron chi connectivity index (χ4n) is 3.43. The summed E-state index contributed by atoms with van der Waals surface area (Å²) in [6, 6.07) is 11.4. The van der Waals surface area contributed by atoms with Gasteiger partial charge in [-0.3, -0.25) is 14.5 Å². The molecular formula is C22H23Cl2F2N3O2. The maximum atomic E-state index is 13.3. The first-order chi connectivity index (χ1) is 14.8. The van der Waals surface area contributed by atoms with Crippen molar-refractivity contribution >= 4 is 35.0 Å². The lowest BCUT2D eigenvalue weighted by atomic mass is 10.1. The van der Waals surface area contributed by atoms with E-state index >= 15 is 0 Å². The Kier molecular flexibility index (Phi) is 8.23. The molecule has 2 amide bonds. The monoisotopic (exact) mass is 469 g/mol. The molecule has 166 valence electrons. The van der Waals surface area contributed by atoms with Crippen LogP contribution in [0.2, 0.25) is 0 Å². The maximum Gasteiger partial charge on any atom is 0.255 e. The molecule has 31 heavy (non-hydrogen) atoms. The van der Waals surface area contributed by atoms with Crippen LogP contribution in [0.25, 0.3) is 0 Å².